The van der Waals surface area contributed by atoms with Gasteiger partial charge in [0.05, 0.1) is 12.6 Å². The third-order valence-electron chi connectivity index (χ3n) is 5.24. The number of hydrogen-bond acceptors (Lipinski definition) is 3. The van der Waals surface area contributed by atoms with Gasteiger partial charge in [-0.05, 0) is 48.7 Å². The van der Waals surface area contributed by atoms with Crippen molar-refractivity contribution in [1.29, 1.82) is 0 Å². The van der Waals surface area contributed by atoms with E-state index in [0.717, 1.165) is 17.5 Å². The smallest absolute Gasteiger partial charge is 0.261 e. The maximum Gasteiger partial charge on any atom is 0.261 e. The number of fused-ring (bicyclic) bond motifs is 3. The molecule has 1 saturated heterocycles. The minimum Gasteiger partial charge on any atom is -0.484 e. The number of nitrogens with zero attached hydrogens (tertiary/aromatic N) is 2. The van der Waals surface area contributed by atoms with Crippen molar-refractivity contribution in [3.05, 3.63) is 64.2 Å². The molecule has 4 rings (SSSR count). The fourth-order valence-corrected chi connectivity index (χ4v) is 3.93. The van der Waals surface area contributed by atoms with E-state index in [4.69, 9.17) is 16.3 Å². The van der Waals surface area contributed by atoms with Gasteiger partial charge in [0.15, 0.2) is 6.61 Å². The van der Waals surface area contributed by atoms with Crippen LogP contribution in [0.1, 0.15) is 22.7 Å². The summed E-state index contributed by atoms with van der Waals surface area (Å²) in [6, 6.07) is 13.2. The Bertz CT molecular complexity index is 881. The molecule has 0 N–H and O–H groups in total. The van der Waals surface area contributed by atoms with E-state index >= 15 is 0 Å². The van der Waals surface area contributed by atoms with E-state index in [9.17, 15) is 9.59 Å². The zero-order chi connectivity index (χ0) is 19.0. The molecular formula is C21H21ClN2O3. The highest BCUT2D eigenvalue weighted by molar-refractivity contribution is 6.30. The van der Waals surface area contributed by atoms with Gasteiger partial charge < -0.3 is 14.5 Å². The molecule has 0 spiro atoms. The molecule has 140 valence electrons. The summed E-state index contributed by atoms with van der Waals surface area (Å²) in [4.78, 5) is 28.7. The Labute approximate surface area is 163 Å². The van der Waals surface area contributed by atoms with E-state index in [-0.39, 0.29) is 31.0 Å². The highest BCUT2D eigenvalue weighted by Crippen LogP contribution is 2.34. The molecule has 1 fully saturated rings. The second-order valence-corrected chi connectivity index (χ2v) is 7.51. The van der Waals surface area contributed by atoms with Gasteiger partial charge in [0, 0.05) is 18.1 Å². The van der Waals surface area contributed by atoms with Crippen molar-refractivity contribution < 1.29 is 14.3 Å². The van der Waals surface area contributed by atoms with Crippen molar-refractivity contribution in [2.24, 2.45) is 0 Å². The Morgan fingerprint density at radius 1 is 1.22 bits per heavy atom. The Balaban J connectivity index is 1.48. The molecule has 2 aromatic rings. The first-order valence-corrected chi connectivity index (χ1v) is 9.44. The molecule has 1 atom stereocenters. The minimum absolute atomic E-state index is 0.0273. The molecule has 2 heterocycles. The largest absolute Gasteiger partial charge is 0.484 e. The van der Waals surface area contributed by atoms with Crippen molar-refractivity contribution in [2.75, 3.05) is 26.2 Å². The van der Waals surface area contributed by atoms with Crippen molar-refractivity contribution in [1.82, 2.24) is 9.80 Å². The van der Waals surface area contributed by atoms with E-state index in [1.54, 1.807) is 4.90 Å². The van der Waals surface area contributed by atoms with Gasteiger partial charge in [-0.3, -0.25) is 9.59 Å². The zero-order valence-electron chi connectivity index (χ0n) is 15.2. The number of carbonyl (C=O) groups is 2. The number of ether oxygens (including phenoxy) is 1. The van der Waals surface area contributed by atoms with Crippen LogP contribution in [0.4, 0.5) is 0 Å². The maximum atomic E-state index is 12.6. The molecule has 0 aromatic heterocycles. The molecule has 0 aliphatic carbocycles. The summed E-state index contributed by atoms with van der Waals surface area (Å²) in [5.41, 5.74) is 3.36. The van der Waals surface area contributed by atoms with E-state index in [1.165, 1.54) is 5.56 Å². The number of benzene rings is 2. The lowest BCUT2D eigenvalue weighted by Gasteiger charge is -2.44. The molecule has 0 saturated carbocycles. The second-order valence-electron chi connectivity index (χ2n) is 7.07. The van der Waals surface area contributed by atoms with E-state index in [2.05, 4.69) is 0 Å². The topological polar surface area (TPSA) is 49.9 Å². The number of carbonyl (C=O) groups excluding carboxylic acids is 2. The SMILES string of the molecule is Cc1ccc(OCC(=O)N2CC(=O)N3CCc4ccc(Cl)cc4C3C2)cc1. The lowest BCUT2D eigenvalue weighted by molar-refractivity contribution is -0.150. The van der Waals surface area contributed by atoms with Crippen LogP contribution in [-0.4, -0.2) is 47.9 Å². The highest BCUT2D eigenvalue weighted by Gasteiger charge is 2.38. The van der Waals surface area contributed by atoms with E-state index < -0.39 is 0 Å². The Morgan fingerprint density at radius 2 is 2.00 bits per heavy atom. The summed E-state index contributed by atoms with van der Waals surface area (Å²) in [5.74, 6) is 0.437. The van der Waals surface area contributed by atoms with Crippen LogP contribution in [0.25, 0.3) is 0 Å². The molecule has 0 radical (unpaired) electrons. The molecule has 2 aromatic carbocycles. The van der Waals surface area contributed by atoms with Crippen molar-refractivity contribution in [3.8, 4) is 5.75 Å². The predicted molar refractivity (Wildman–Crippen MR) is 103 cm³/mol. The average Bonchev–Trinajstić information content (AvgIpc) is 2.67. The van der Waals surface area contributed by atoms with Crippen LogP contribution in [0.15, 0.2) is 42.5 Å². The van der Waals surface area contributed by atoms with Crippen LogP contribution < -0.4 is 4.74 Å². The average molecular weight is 385 g/mol. The number of amides is 2. The van der Waals surface area contributed by atoms with Gasteiger partial charge in [-0.15, -0.1) is 0 Å². The molecule has 5 nitrogen and oxygen atoms in total. The number of piperazine rings is 1. The summed E-state index contributed by atoms with van der Waals surface area (Å²) >= 11 is 6.17. The monoisotopic (exact) mass is 384 g/mol. The van der Waals surface area contributed by atoms with E-state index in [0.29, 0.717) is 23.9 Å². The highest BCUT2D eigenvalue weighted by atomic mass is 35.5. The van der Waals surface area contributed by atoms with Gasteiger partial charge in [0.1, 0.15) is 5.75 Å². The molecular weight excluding hydrogens is 364 g/mol. The summed E-state index contributed by atoms with van der Waals surface area (Å²) in [7, 11) is 0. The number of hydrogen-bond donors (Lipinski definition) is 0. The van der Waals surface area contributed by atoms with Crippen molar-refractivity contribution in [2.45, 2.75) is 19.4 Å². The van der Waals surface area contributed by atoms with Crippen LogP contribution in [0.3, 0.4) is 0 Å². The zero-order valence-corrected chi connectivity index (χ0v) is 15.9. The molecule has 27 heavy (non-hydrogen) atoms. The first kappa shape index (κ1) is 17.9. The second kappa shape index (κ2) is 7.24. The van der Waals surface area contributed by atoms with Crippen LogP contribution in [-0.2, 0) is 16.0 Å². The van der Waals surface area contributed by atoms with E-state index in [1.807, 2.05) is 54.3 Å². The van der Waals surface area contributed by atoms with Gasteiger partial charge in [-0.2, -0.15) is 0 Å². The molecule has 1 unspecified atom stereocenters. The number of rotatable bonds is 3. The van der Waals surface area contributed by atoms with Crippen LogP contribution in [0.2, 0.25) is 5.02 Å². The lowest BCUT2D eigenvalue weighted by Crippen LogP contribution is -2.56. The Kier molecular flexibility index (Phi) is 4.79. The molecule has 2 aliphatic rings. The predicted octanol–water partition coefficient (Wildman–Crippen LogP) is 3.00. The van der Waals surface area contributed by atoms with Crippen molar-refractivity contribution >= 4 is 23.4 Å². The first-order chi connectivity index (χ1) is 13.0. The van der Waals surface area contributed by atoms with Gasteiger partial charge in [-0.1, -0.05) is 35.4 Å². The Hall–Kier alpha value is -2.53. The fourth-order valence-electron chi connectivity index (χ4n) is 3.75. The van der Waals surface area contributed by atoms with Crippen LogP contribution >= 0.6 is 11.6 Å². The quantitative estimate of drug-likeness (QED) is 0.817. The third-order valence-corrected chi connectivity index (χ3v) is 5.48. The number of halogens is 1. The normalized spacial score (nSPS) is 18.7. The maximum absolute atomic E-state index is 12.6. The molecule has 2 aliphatic heterocycles. The standard InChI is InChI=1S/C21H21ClN2O3/c1-14-2-6-17(7-3-14)27-13-21(26)23-11-19-18-10-16(22)5-4-15(18)8-9-24(19)20(25)12-23/h2-7,10,19H,8-9,11-13H2,1H3. The minimum atomic E-state index is -0.183. The van der Waals surface area contributed by atoms with Gasteiger partial charge in [0.2, 0.25) is 5.91 Å². The van der Waals surface area contributed by atoms with Crippen molar-refractivity contribution in [3.63, 3.8) is 0 Å². The van der Waals surface area contributed by atoms with Gasteiger partial charge in [-0.25, -0.2) is 0 Å². The molecule has 2 amide bonds. The summed E-state index contributed by atoms with van der Waals surface area (Å²) in [6.45, 7) is 3.16. The van der Waals surface area contributed by atoms with Gasteiger partial charge >= 0.3 is 0 Å². The first-order valence-electron chi connectivity index (χ1n) is 9.06. The van der Waals surface area contributed by atoms with Crippen LogP contribution in [0.5, 0.6) is 5.75 Å². The molecule has 6 heteroatoms. The number of aryl methyl sites for hydroxylation is 1. The van der Waals surface area contributed by atoms with Gasteiger partial charge in [0.25, 0.3) is 5.91 Å². The lowest BCUT2D eigenvalue weighted by atomic mass is 9.90. The fraction of sp³-hybridized carbons (Fsp3) is 0.333. The Morgan fingerprint density at radius 3 is 2.78 bits per heavy atom. The summed E-state index contributed by atoms with van der Waals surface area (Å²) in [5, 5.41) is 0.647. The summed E-state index contributed by atoms with van der Waals surface area (Å²) < 4.78 is 5.60. The molecule has 0 bridgehead atoms. The summed E-state index contributed by atoms with van der Waals surface area (Å²) in [6.07, 6.45) is 0.819. The van der Waals surface area contributed by atoms with Crippen LogP contribution in [0, 0.1) is 6.92 Å². The third kappa shape index (κ3) is 3.65.